The molecular formula is C21H46O3Si2. The highest BCUT2D eigenvalue weighted by molar-refractivity contribution is 6.78. The van der Waals surface area contributed by atoms with E-state index in [-0.39, 0.29) is 0 Å². The van der Waals surface area contributed by atoms with Crippen LogP contribution in [0.25, 0.3) is 0 Å². The van der Waals surface area contributed by atoms with Gasteiger partial charge in [-0.15, -0.1) is 0 Å². The van der Waals surface area contributed by atoms with Crippen molar-refractivity contribution < 1.29 is 14.3 Å². The largest absolute Gasteiger partial charge is 0.508 e. The Hall–Kier alpha value is -0.296. The number of hydrogen-bond donors (Lipinski definition) is 0. The summed E-state index contributed by atoms with van der Waals surface area (Å²) < 4.78 is 10.4. The molecule has 0 aliphatic rings. The summed E-state index contributed by atoms with van der Waals surface area (Å²) in [6.07, 6.45) is 6.32. The summed E-state index contributed by atoms with van der Waals surface area (Å²) in [5.74, 6) is 0. The van der Waals surface area contributed by atoms with Crippen LogP contribution in [-0.2, 0) is 9.47 Å². The first kappa shape index (κ1) is 25.7. The van der Waals surface area contributed by atoms with Gasteiger partial charge in [0.1, 0.15) is 0 Å². The maximum atomic E-state index is 11.6. The van der Waals surface area contributed by atoms with Crippen molar-refractivity contribution in [1.82, 2.24) is 0 Å². The number of hydrogen-bond acceptors (Lipinski definition) is 3. The van der Waals surface area contributed by atoms with Crippen LogP contribution in [0.2, 0.25) is 49.4 Å². The average molecular weight is 403 g/mol. The first-order valence-corrected chi connectivity index (χ1v) is 17.4. The van der Waals surface area contributed by atoms with Crippen LogP contribution in [0.5, 0.6) is 0 Å². The molecule has 0 aromatic heterocycles. The molecule has 0 saturated heterocycles. The van der Waals surface area contributed by atoms with Crippen LogP contribution in [0.3, 0.4) is 0 Å². The lowest BCUT2D eigenvalue weighted by molar-refractivity contribution is 0.0530. The van der Waals surface area contributed by atoms with Crippen LogP contribution in [0.4, 0.5) is 4.79 Å². The van der Waals surface area contributed by atoms with Gasteiger partial charge in [-0.2, -0.15) is 0 Å². The molecule has 0 saturated carbocycles. The summed E-state index contributed by atoms with van der Waals surface area (Å²) in [4.78, 5) is 11.6. The van der Waals surface area contributed by atoms with Crippen molar-refractivity contribution in [3.63, 3.8) is 0 Å². The van der Waals surface area contributed by atoms with E-state index < -0.39 is 22.3 Å². The molecule has 156 valence electrons. The molecule has 0 unspecified atom stereocenters. The summed E-state index contributed by atoms with van der Waals surface area (Å²) in [6, 6.07) is 8.33. The van der Waals surface area contributed by atoms with Crippen molar-refractivity contribution >= 4 is 22.3 Å². The van der Waals surface area contributed by atoms with E-state index in [4.69, 9.17) is 9.47 Å². The Labute approximate surface area is 165 Å². The topological polar surface area (TPSA) is 35.5 Å². The molecule has 0 amide bonds. The van der Waals surface area contributed by atoms with E-state index in [2.05, 4.69) is 40.8 Å². The number of ether oxygens (including phenoxy) is 2. The van der Waals surface area contributed by atoms with Gasteiger partial charge in [-0.25, -0.2) is 4.79 Å². The summed E-state index contributed by atoms with van der Waals surface area (Å²) >= 11 is 0. The van der Waals surface area contributed by atoms with Crippen molar-refractivity contribution in [2.45, 2.75) is 116 Å². The fraction of sp³-hybridized carbons (Fsp3) is 0.952. The van der Waals surface area contributed by atoms with Gasteiger partial charge in [-0.05, 0) is 12.8 Å². The van der Waals surface area contributed by atoms with Gasteiger partial charge in [0.05, 0.1) is 13.2 Å². The van der Waals surface area contributed by atoms with E-state index in [0.717, 1.165) is 25.7 Å². The van der Waals surface area contributed by atoms with Gasteiger partial charge in [0.15, 0.2) is 0 Å². The van der Waals surface area contributed by atoms with E-state index >= 15 is 0 Å². The molecular weight excluding hydrogens is 356 g/mol. The molecule has 0 aliphatic heterocycles. The fourth-order valence-corrected chi connectivity index (χ4v) is 7.84. The lowest BCUT2D eigenvalue weighted by Crippen LogP contribution is -2.27. The Balaban J connectivity index is 3.53. The summed E-state index contributed by atoms with van der Waals surface area (Å²) in [7, 11) is -1.91. The van der Waals surface area contributed by atoms with Crippen LogP contribution in [-0.4, -0.2) is 35.5 Å². The quantitative estimate of drug-likeness (QED) is 0.150. The molecule has 0 radical (unpaired) electrons. The van der Waals surface area contributed by atoms with Gasteiger partial charge in [-0.3, -0.25) is 0 Å². The monoisotopic (exact) mass is 402 g/mol. The zero-order valence-electron chi connectivity index (χ0n) is 18.6. The van der Waals surface area contributed by atoms with Crippen molar-refractivity contribution in [3.8, 4) is 0 Å². The van der Waals surface area contributed by atoms with Gasteiger partial charge < -0.3 is 9.47 Å². The summed E-state index contributed by atoms with van der Waals surface area (Å²) in [6.45, 7) is 15.4. The average Bonchev–Trinajstić information content (AvgIpc) is 2.66. The Morgan fingerprint density at radius 1 is 0.615 bits per heavy atom. The number of carbonyl (C=O) groups is 1. The fourth-order valence-electron chi connectivity index (χ4n) is 3.22. The molecule has 0 aliphatic carbocycles. The number of unbranched alkanes of at least 4 members (excludes halogenated alkanes) is 4. The van der Waals surface area contributed by atoms with Crippen molar-refractivity contribution in [2.75, 3.05) is 13.2 Å². The lowest BCUT2D eigenvalue weighted by Gasteiger charge is -2.23. The maximum Gasteiger partial charge on any atom is 0.508 e. The standard InChI is InChI=1S/C21H46O3Si2/c1-7-25(5,8-2)19-15-11-13-17-23-21(22)24-18-14-12-16-20-26(6,9-3)10-4/h7-20H2,1-6H3. The van der Waals surface area contributed by atoms with Crippen LogP contribution in [0.15, 0.2) is 0 Å². The third-order valence-electron chi connectivity index (χ3n) is 6.70. The molecule has 0 rings (SSSR count). The smallest absolute Gasteiger partial charge is 0.434 e. The van der Waals surface area contributed by atoms with Crippen LogP contribution >= 0.6 is 0 Å². The van der Waals surface area contributed by atoms with Crippen LogP contribution < -0.4 is 0 Å². The molecule has 0 atom stereocenters. The molecule has 0 aromatic rings. The lowest BCUT2D eigenvalue weighted by atomic mass is 10.3. The highest BCUT2D eigenvalue weighted by Crippen LogP contribution is 2.24. The van der Waals surface area contributed by atoms with Crippen molar-refractivity contribution in [2.24, 2.45) is 0 Å². The second kappa shape index (κ2) is 14.7. The minimum Gasteiger partial charge on any atom is -0.434 e. The zero-order valence-corrected chi connectivity index (χ0v) is 20.6. The summed E-state index contributed by atoms with van der Waals surface area (Å²) in [5.41, 5.74) is 0. The Kier molecular flexibility index (Phi) is 14.6. The number of carbonyl (C=O) groups excluding carboxylic acids is 1. The van der Waals surface area contributed by atoms with Crippen LogP contribution in [0.1, 0.15) is 66.2 Å². The Morgan fingerprint density at radius 2 is 0.962 bits per heavy atom. The minimum atomic E-state index is -0.955. The third kappa shape index (κ3) is 12.2. The molecule has 26 heavy (non-hydrogen) atoms. The van der Waals surface area contributed by atoms with Crippen molar-refractivity contribution in [1.29, 1.82) is 0 Å². The second-order valence-corrected chi connectivity index (χ2v) is 19.7. The molecule has 3 nitrogen and oxygen atoms in total. The summed E-state index contributed by atoms with van der Waals surface area (Å²) in [5, 5.41) is 0. The molecule has 0 spiro atoms. The first-order valence-electron chi connectivity index (χ1n) is 11.1. The van der Waals surface area contributed by atoms with Gasteiger partial charge >= 0.3 is 6.16 Å². The predicted molar refractivity (Wildman–Crippen MR) is 120 cm³/mol. The molecule has 0 bridgehead atoms. The minimum absolute atomic E-state index is 0.479. The maximum absolute atomic E-state index is 11.6. The molecule has 0 fully saturated rings. The molecule has 0 heterocycles. The molecule has 0 N–H and O–H groups in total. The first-order chi connectivity index (χ1) is 12.3. The molecule has 0 aromatic carbocycles. The third-order valence-corrected chi connectivity index (χ3v) is 16.7. The van der Waals surface area contributed by atoms with Crippen LogP contribution in [0, 0.1) is 0 Å². The SMILES string of the molecule is CC[Si](C)(CC)CCCCCOC(=O)OCCCCC[Si](C)(CC)CC. The normalized spacial score (nSPS) is 12.2. The van der Waals surface area contributed by atoms with E-state index in [9.17, 15) is 4.79 Å². The van der Waals surface area contributed by atoms with E-state index in [0.29, 0.717) is 13.2 Å². The predicted octanol–water partition coefficient (Wildman–Crippen LogP) is 7.72. The number of rotatable bonds is 16. The zero-order chi connectivity index (χ0) is 19.9. The van der Waals surface area contributed by atoms with Gasteiger partial charge in [0.25, 0.3) is 0 Å². The second-order valence-electron chi connectivity index (χ2n) is 8.60. The highest BCUT2D eigenvalue weighted by Gasteiger charge is 2.21. The highest BCUT2D eigenvalue weighted by atomic mass is 28.3. The van der Waals surface area contributed by atoms with E-state index in [1.807, 2.05) is 0 Å². The van der Waals surface area contributed by atoms with Gasteiger partial charge in [0, 0.05) is 16.1 Å². The van der Waals surface area contributed by atoms with E-state index in [1.165, 1.54) is 49.1 Å². The Bertz CT molecular complexity index is 321. The molecule has 5 heteroatoms. The van der Waals surface area contributed by atoms with E-state index in [1.54, 1.807) is 0 Å². The van der Waals surface area contributed by atoms with Gasteiger partial charge in [-0.1, -0.05) is 103 Å². The Morgan fingerprint density at radius 3 is 1.27 bits per heavy atom. The van der Waals surface area contributed by atoms with Crippen molar-refractivity contribution in [3.05, 3.63) is 0 Å². The van der Waals surface area contributed by atoms with Gasteiger partial charge in [0.2, 0.25) is 0 Å².